The molecule has 0 amide bonds. The van der Waals surface area contributed by atoms with Crippen molar-refractivity contribution in [3.63, 3.8) is 0 Å². The van der Waals surface area contributed by atoms with Gasteiger partial charge >= 0.3 is 0 Å². The number of aromatic nitrogens is 3. The van der Waals surface area contributed by atoms with Crippen molar-refractivity contribution < 1.29 is 4.74 Å². The van der Waals surface area contributed by atoms with E-state index in [1.165, 1.54) is 5.56 Å². The number of ether oxygens (including phenoxy) is 1. The Bertz CT molecular complexity index is 818. The first-order chi connectivity index (χ1) is 14.6. The summed E-state index contributed by atoms with van der Waals surface area (Å²) >= 11 is 0. The first-order valence-corrected chi connectivity index (χ1v) is 11.3. The lowest BCUT2D eigenvalue weighted by Gasteiger charge is -2.25. The van der Waals surface area contributed by atoms with Crippen molar-refractivity contribution in [3.05, 3.63) is 41.5 Å². The number of hydrogen-bond acceptors (Lipinski definition) is 4. The summed E-state index contributed by atoms with van der Waals surface area (Å²) in [6, 6.07) is 8.67. The fourth-order valence-corrected chi connectivity index (χ4v) is 3.45. The number of fused-ring (bicyclic) bond motifs is 1. The molecule has 0 spiro atoms. The van der Waals surface area contributed by atoms with Crippen molar-refractivity contribution in [2.24, 2.45) is 10.9 Å². The van der Waals surface area contributed by atoms with Crippen molar-refractivity contribution in [3.8, 4) is 5.75 Å². The van der Waals surface area contributed by atoms with Gasteiger partial charge in [0.05, 0.1) is 13.2 Å². The zero-order chi connectivity index (χ0) is 21.3. The molecule has 0 saturated heterocycles. The minimum atomic E-state index is 0. The monoisotopic (exact) mass is 540 g/mol. The summed E-state index contributed by atoms with van der Waals surface area (Å²) in [7, 11) is 0. The highest BCUT2D eigenvalue weighted by molar-refractivity contribution is 14.0. The van der Waals surface area contributed by atoms with Gasteiger partial charge in [0.2, 0.25) is 0 Å². The maximum atomic E-state index is 5.76. The Morgan fingerprint density at radius 1 is 1.26 bits per heavy atom. The van der Waals surface area contributed by atoms with E-state index in [1.807, 2.05) is 16.8 Å². The molecule has 2 N–H and O–H groups in total. The van der Waals surface area contributed by atoms with E-state index in [-0.39, 0.29) is 24.0 Å². The van der Waals surface area contributed by atoms with E-state index in [2.05, 4.69) is 60.5 Å². The Kier molecular flexibility index (Phi) is 10.6. The van der Waals surface area contributed by atoms with Crippen molar-refractivity contribution in [1.29, 1.82) is 0 Å². The molecule has 1 unspecified atom stereocenters. The van der Waals surface area contributed by atoms with Crippen molar-refractivity contribution >= 4 is 29.9 Å². The number of benzene rings is 1. The maximum Gasteiger partial charge on any atom is 0.191 e. The van der Waals surface area contributed by atoms with Crippen LogP contribution in [0.15, 0.2) is 29.3 Å². The van der Waals surface area contributed by atoms with Crippen LogP contribution in [0.5, 0.6) is 5.75 Å². The third kappa shape index (κ3) is 7.97. The van der Waals surface area contributed by atoms with Gasteiger partial charge in [0.1, 0.15) is 11.6 Å². The molecule has 0 fully saturated rings. The molecule has 0 saturated carbocycles. The molecule has 3 rings (SSSR count). The van der Waals surface area contributed by atoms with E-state index in [1.54, 1.807) is 0 Å². The second-order valence-corrected chi connectivity index (χ2v) is 8.22. The summed E-state index contributed by atoms with van der Waals surface area (Å²) in [6.07, 6.45) is 3.78. The van der Waals surface area contributed by atoms with Gasteiger partial charge in [0.25, 0.3) is 0 Å². The lowest BCUT2D eigenvalue weighted by Crippen LogP contribution is -2.47. The first kappa shape index (κ1) is 25.4. The summed E-state index contributed by atoms with van der Waals surface area (Å²) in [5.74, 6) is 4.38. The second-order valence-electron chi connectivity index (χ2n) is 8.22. The largest absolute Gasteiger partial charge is 0.493 e. The molecule has 1 aliphatic heterocycles. The smallest absolute Gasteiger partial charge is 0.191 e. The van der Waals surface area contributed by atoms with E-state index in [0.717, 1.165) is 75.3 Å². The Morgan fingerprint density at radius 3 is 2.71 bits per heavy atom. The summed E-state index contributed by atoms with van der Waals surface area (Å²) in [6.45, 7) is 11.7. The summed E-state index contributed by atoms with van der Waals surface area (Å²) in [5.41, 5.74) is 1.27. The fraction of sp³-hybridized carbons (Fsp3) is 0.609. The second kappa shape index (κ2) is 12.9. The van der Waals surface area contributed by atoms with Crippen LogP contribution >= 0.6 is 24.0 Å². The van der Waals surface area contributed by atoms with Crippen LogP contribution in [-0.2, 0) is 25.8 Å². The molecule has 2 aromatic rings. The van der Waals surface area contributed by atoms with Gasteiger partial charge in [0, 0.05) is 32.0 Å². The van der Waals surface area contributed by atoms with Gasteiger partial charge in [-0.3, -0.25) is 4.99 Å². The summed E-state index contributed by atoms with van der Waals surface area (Å²) < 4.78 is 7.80. The van der Waals surface area contributed by atoms with E-state index >= 15 is 0 Å². The average Bonchev–Trinajstić information content (AvgIpc) is 3.16. The lowest BCUT2D eigenvalue weighted by molar-refractivity contribution is 0.271. The Morgan fingerprint density at radius 2 is 2.03 bits per heavy atom. The Labute approximate surface area is 203 Å². The number of aliphatic imine (C=N–C) groups is 1. The molecule has 172 valence electrons. The average molecular weight is 540 g/mol. The van der Waals surface area contributed by atoms with Crippen LogP contribution in [0.3, 0.4) is 0 Å². The van der Waals surface area contributed by atoms with Crippen LogP contribution in [0, 0.1) is 5.92 Å². The van der Waals surface area contributed by atoms with Gasteiger partial charge in [-0.05, 0) is 43.4 Å². The van der Waals surface area contributed by atoms with Crippen LogP contribution in [0.25, 0.3) is 0 Å². The Hall–Kier alpha value is -1.84. The third-order valence-corrected chi connectivity index (χ3v) is 5.08. The van der Waals surface area contributed by atoms with Gasteiger partial charge in [-0.1, -0.05) is 32.9 Å². The molecular formula is C23H37IN6O. The number of rotatable bonds is 9. The fourth-order valence-electron chi connectivity index (χ4n) is 3.45. The number of hydrogen-bond donors (Lipinski definition) is 2. The topological polar surface area (TPSA) is 76.4 Å². The van der Waals surface area contributed by atoms with Crippen molar-refractivity contribution in [1.82, 2.24) is 25.4 Å². The van der Waals surface area contributed by atoms with Crippen LogP contribution < -0.4 is 15.4 Å². The zero-order valence-corrected chi connectivity index (χ0v) is 21.6. The quantitative estimate of drug-likeness (QED) is 0.289. The van der Waals surface area contributed by atoms with Crippen LogP contribution in [0.4, 0.5) is 0 Å². The molecule has 0 radical (unpaired) electrons. The number of nitrogens with zero attached hydrogens (tertiary/aromatic N) is 4. The molecule has 8 heteroatoms. The minimum absolute atomic E-state index is 0. The summed E-state index contributed by atoms with van der Waals surface area (Å²) in [5, 5.41) is 11.5. The molecule has 1 aromatic heterocycles. The van der Waals surface area contributed by atoms with E-state index in [4.69, 9.17) is 9.73 Å². The number of guanidine groups is 1. The van der Waals surface area contributed by atoms with Crippen LogP contribution in [-0.4, -0.2) is 46.5 Å². The van der Waals surface area contributed by atoms with Crippen molar-refractivity contribution in [2.75, 3.05) is 19.7 Å². The summed E-state index contributed by atoms with van der Waals surface area (Å²) in [4.78, 5) is 9.38. The molecule has 0 bridgehead atoms. The molecule has 31 heavy (non-hydrogen) atoms. The van der Waals surface area contributed by atoms with Crippen molar-refractivity contribution in [2.45, 2.75) is 66.0 Å². The minimum Gasteiger partial charge on any atom is -0.493 e. The third-order valence-electron chi connectivity index (χ3n) is 5.08. The van der Waals surface area contributed by atoms with E-state index in [0.29, 0.717) is 12.0 Å². The van der Waals surface area contributed by atoms with E-state index in [9.17, 15) is 0 Å². The van der Waals surface area contributed by atoms with Gasteiger partial charge in [-0.2, -0.15) is 5.10 Å². The highest BCUT2D eigenvalue weighted by Crippen LogP contribution is 2.15. The van der Waals surface area contributed by atoms with Gasteiger partial charge < -0.3 is 15.4 Å². The maximum absolute atomic E-state index is 5.76. The predicted octanol–water partition coefficient (Wildman–Crippen LogP) is 3.61. The highest BCUT2D eigenvalue weighted by atomic mass is 127. The standard InChI is InChI=1S/C23H36N6O.HI/c1-5-21-27-22-12-9-19(15-29(22)28-21)26-23(24-6-2)25-14-13-18-7-10-20(11-8-18)30-16-17(3)4;/h7-8,10-11,17,19H,5-6,9,12-16H2,1-4H3,(H2,24,25,26);1H. The van der Waals surface area contributed by atoms with Crippen LogP contribution in [0.2, 0.25) is 0 Å². The molecule has 1 aromatic carbocycles. The van der Waals surface area contributed by atoms with Crippen LogP contribution in [0.1, 0.15) is 51.3 Å². The lowest BCUT2D eigenvalue weighted by atomic mass is 10.1. The predicted molar refractivity (Wildman–Crippen MR) is 137 cm³/mol. The highest BCUT2D eigenvalue weighted by Gasteiger charge is 2.22. The zero-order valence-electron chi connectivity index (χ0n) is 19.2. The molecular weight excluding hydrogens is 503 g/mol. The SMILES string of the molecule is CCNC(=NCCc1ccc(OCC(C)C)cc1)NC1CCc2nc(CC)nn2C1.I. The first-order valence-electron chi connectivity index (χ1n) is 11.3. The molecule has 2 heterocycles. The molecule has 1 atom stereocenters. The normalized spacial score (nSPS) is 15.9. The molecule has 1 aliphatic rings. The van der Waals surface area contributed by atoms with Gasteiger partial charge in [-0.15, -0.1) is 24.0 Å². The number of nitrogens with one attached hydrogen (secondary N) is 2. The number of halogens is 1. The molecule has 7 nitrogen and oxygen atoms in total. The van der Waals surface area contributed by atoms with Gasteiger partial charge in [-0.25, -0.2) is 9.67 Å². The van der Waals surface area contributed by atoms with E-state index < -0.39 is 0 Å². The van der Waals surface area contributed by atoms with Gasteiger partial charge in [0.15, 0.2) is 11.8 Å². The Balaban J connectivity index is 0.00000341. The molecule has 0 aliphatic carbocycles. The number of aryl methyl sites for hydroxylation is 2.